The number of carbonyl (C=O) groups excluding carboxylic acids is 3. The van der Waals surface area contributed by atoms with E-state index in [4.69, 9.17) is 27.9 Å². The highest BCUT2D eigenvalue weighted by Gasteiger charge is 2.16. The Balaban J connectivity index is 2.48. The molecular formula is C14H16Cl2N2O4. The molecule has 0 saturated heterocycles. The fraction of sp³-hybridized carbons (Fsp3) is 0.357. The third kappa shape index (κ3) is 5.54. The van der Waals surface area contributed by atoms with E-state index in [0.717, 1.165) is 0 Å². The van der Waals surface area contributed by atoms with Gasteiger partial charge in [-0.1, -0.05) is 23.2 Å². The number of halogens is 2. The number of rotatable bonds is 6. The van der Waals surface area contributed by atoms with Crippen LogP contribution in [0.1, 0.15) is 24.2 Å². The predicted octanol–water partition coefficient (Wildman–Crippen LogP) is 1.79. The van der Waals surface area contributed by atoms with Gasteiger partial charge in [-0.05, 0) is 32.0 Å². The van der Waals surface area contributed by atoms with Gasteiger partial charge in [0.05, 0.1) is 15.6 Å². The number of hydrogen-bond donors (Lipinski definition) is 2. The highest BCUT2D eigenvalue weighted by atomic mass is 35.5. The Morgan fingerprint density at radius 2 is 1.91 bits per heavy atom. The Kier molecular flexibility index (Phi) is 7.14. The molecule has 0 aliphatic rings. The van der Waals surface area contributed by atoms with Crippen molar-refractivity contribution in [3.8, 4) is 0 Å². The maximum atomic E-state index is 11.8. The summed E-state index contributed by atoms with van der Waals surface area (Å²) in [5.41, 5.74) is 0.180. The number of ether oxygens (including phenoxy) is 1. The maximum absolute atomic E-state index is 11.8. The Hall–Kier alpha value is -1.79. The number of carbonyl (C=O) groups is 3. The fourth-order valence-corrected chi connectivity index (χ4v) is 1.81. The summed E-state index contributed by atoms with van der Waals surface area (Å²) in [6.45, 7) is 3.27. The van der Waals surface area contributed by atoms with Crippen molar-refractivity contribution in [1.82, 2.24) is 10.6 Å². The smallest absolute Gasteiger partial charge is 0.338 e. The van der Waals surface area contributed by atoms with Gasteiger partial charge >= 0.3 is 5.97 Å². The van der Waals surface area contributed by atoms with E-state index in [0.29, 0.717) is 11.6 Å². The van der Waals surface area contributed by atoms with Gasteiger partial charge in [-0.2, -0.15) is 0 Å². The van der Waals surface area contributed by atoms with Crippen LogP contribution < -0.4 is 10.6 Å². The first kappa shape index (κ1) is 18.3. The van der Waals surface area contributed by atoms with Gasteiger partial charge in [0.25, 0.3) is 5.91 Å². The molecular weight excluding hydrogens is 331 g/mol. The summed E-state index contributed by atoms with van der Waals surface area (Å²) in [6.07, 6.45) is 0. The van der Waals surface area contributed by atoms with Crippen molar-refractivity contribution in [3.05, 3.63) is 33.8 Å². The molecule has 0 bridgehead atoms. The van der Waals surface area contributed by atoms with Gasteiger partial charge in [-0.15, -0.1) is 0 Å². The van der Waals surface area contributed by atoms with Crippen LogP contribution in [-0.4, -0.2) is 37.0 Å². The van der Waals surface area contributed by atoms with Gasteiger partial charge in [0.1, 0.15) is 6.04 Å². The lowest BCUT2D eigenvalue weighted by atomic mass is 10.2. The Bertz CT molecular complexity index is 578. The summed E-state index contributed by atoms with van der Waals surface area (Å²) in [4.78, 5) is 34.8. The van der Waals surface area contributed by atoms with Gasteiger partial charge < -0.3 is 15.4 Å². The summed E-state index contributed by atoms with van der Waals surface area (Å²) in [5, 5.41) is 5.51. The van der Waals surface area contributed by atoms with Crippen LogP contribution in [0.25, 0.3) is 0 Å². The molecule has 0 radical (unpaired) electrons. The number of nitrogens with one attached hydrogen (secondary N) is 2. The summed E-state index contributed by atoms with van der Waals surface area (Å²) < 4.78 is 4.84. The molecule has 6 nitrogen and oxygen atoms in total. The third-order valence-electron chi connectivity index (χ3n) is 2.61. The molecule has 0 aliphatic carbocycles. The van der Waals surface area contributed by atoms with Gasteiger partial charge in [-0.25, -0.2) is 4.79 Å². The minimum Gasteiger partial charge on any atom is -0.452 e. The first-order valence-electron chi connectivity index (χ1n) is 6.54. The molecule has 0 fully saturated rings. The van der Waals surface area contributed by atoms with Crippen molar-refractivity contribution in [2.24, 2.45) is 0 Å². The zero-order valence-corrected chi connectivity index (χ0v) is 13.6. The van der Waals surface area contributed by atoms with E-state index in [1.807, 2.05) is 0 Å². The van der Waals surface area contributed by atoms with Crippen molar-refractivity contribution in [1.29, 1.82) is 0 Å². The van der Waals surface area contributed by atoms with Crippen LogP contribution in [0.3, 0.4) is 0 Å². The highest BCUT2D eigenvalue weighted by molar-refractivity contribution is 6.42. The number of likely N-dealkylation sites (N-methyl/N-ethyl adjacent to an activating group) is 1. The summed E-state index contributed by atoms with van der Waals surface area (Å²) >= 11 is 11.5. The molecule has 2 N–H and O–H groups in total. The lowest BCUT2D eigenvalue weighted by Crippen LogP contribution is -2.46. The Morgan fingerprint density at radius 1 is 1.23 bits per heavy atom. The quantitative estimate of drug-likeness (QED) is 0.769. The Morgan fingerprint density at radius 3 is 2.50 bits per heavy atom. The topological polar surface area (TPSA) is 84.5 Å². The van der Waals surface area contributed by atoms with E-state index in [1.54, 1.807) is 6.92 Å². The number of amides is 2. The van der Waals surface area contributed by atoms with Crippen molar-refractivity contribution < 1.29 is 19.1 Å². The van der Waals surface area contributed by atoms with Gasteiger partial charge in [0.15, 0.2) is 6.61 Å². The van der Waals surface area contributed by atoms with Crippen molar-refractivity contribution in [3.63, 3.8) is 0 Å². The van der Waals surface area contributed by atoms with Gasteiger partial charge in [0.2, 0.25) is 5.91 Å². The SMILES string of the molecule is CCNC(=O)[C@H](C)NC(=O)COC(=O)c1ccc(Cl)c(Cl)c1. The molecule has 0 unspecified atom stereocenters. The normalized spacial score (nSPS) is 11.5. The molecule has 1 aromatic carbocycles. The van der Waals surface area contributed by atoms with Crippen LogP contribution in [0.4, 0.5) is 0 Å². The van der Waals surface area contributed by atoms with E-state index in [1.165, 1.54) is 25.1 Å². The second kappa shape index (κ2) is 8.60. The number of esters is 1. The van der Waals surface area contributed by atoms with Gasteiger partial charge in [0, 0.05) is 6.54 Å². The van der Waals surface area contributed by atoms with Crippen LogP contribution in [0.15, 0.2) is 18.2 Å². The minimum absolute atomic E-state index is 0.180. The van der Waals surface area contributed by atoms with Gasteiger partial charge in [-0.3, -0.25) is 9.59 Å². The third-order valence-corrected chi connectivity index (χ3v) is 3.35. The van der Waals surface area contributed by atoms with Crippen molar-refractivity contribution >= 4 is 41.0 Å². The van der Waals surface area contributed by atoms with Crippen LogP contribution in [0, 0.1) is 0 Å². The largest absolute Gasteiger partial charge is 0.452 e. The zero-order chi connectivity index (χ0) is 16.7. The summed E-state index contributed by atoms with van der Waals surface area (Å²) in [7, 11) is 0. The molecule has 0 saturated carbocycles. The van der Waals surface area contributed by atoms with E-state index in [2.05, 4.69) is 10.6 Å². The van der Waals surface area contributed by atoms with E-state index in [9.17, 15) is 14.4 Å². The highest BCUT2D eigenvalue weighted by Crippen LogP contribution is 2.22. The number of hydrogen-bond acceptors (Lipinski definition) is 4. The molecule has 2 amide bonds. The van der Waals surface area contributed by atoms with Crippen LogP contribution in [0.5, 0.6) is 0 Å². The molecule has 0 heterocycles. The molecule has 1 atom stereocenters. The van der Waals surface area contributed by atoms with Crippen molar-refractivity contribution in [2.45, 2.75) is 19.9 Å². The lowest BCUT2D eigenvalue weighted by molar-refractivity contribution is -0.130. The second-order valence-corrected chi connectivity index (χ2v) is 5.20. The average Bonchev–Trinajstić information content (AvgIpc) is 2.47. The first-order valence-corrected chi connectivity index (χ1v) is 7.30. The van der Waals surface area contributed by atoms with E-state index in [-0.39, 0.29) is 16.5 Å². The minimum atomic E-state index is -0.712. The van der Waals surface area contributed by atoms with Crippen molar-refractivity contribution in [2.75, 3.05) is 13.2 Å². The summed E-state index contributed by atoms with van der Waals surface area (Å²) in [5.74, 6) is -1.60. The molecule has 0 spiro atoms. The fourth-order valence-electron chi connectivity index (χ4n) is 1.51. The monoisotopic (exact) mass is 346 g/mol. The number of benzene rings is 1. The maximum Gasteiger partial charge on any atom is 0.338 e. The first-order chi connectivity index (χ1) is 10.3. The molecule has 8 heteroatoms. The molecule has 1 rings (SSSR count). The molecule has 120 valence electrons. The molecule has 0 aromatic heterocycles. The zero-order valence-electron chi connectivity index (χ0n) is 12.1. The molecule has 22 heavy (non-hydrogen) atoms. The molecule has 0 aliphatic heterocycles. The van der Waals surface area contributed by atoms with Crippen LogP contribution in [0.2, 0.25) is 10.0 Å². The van der Waals surface area contributed by atoms with E-state index < -0.39 is 24.5 Å². The van der Waals surface area contributed by atoms with Crippen LogP contribution in [-0.2, 0) is 14.3 Å². The Labute approximate surface area is 138 Å². The predicted molar refractivity (Wildman–Crippen MR) is 83.0 cm³/mol. The summed E-state index contributed by atoms with van der Waals surface area (Å²) in [6, 6.07) is 3.53. The standard InChI is InChI=1S/C14H16Cl2N2O4/c1-3-17-13(20)8(2)18-12(19)7-22-14(21)9-4-5-10(15)11(16)6-9/h4-6,8H,3,7H2,1-2H3,(H,17,20)(H,18,19)/t8-/m0/s1. The van der Waals surface area contributed by atoms with Crippen LogP contribution >= 0.6 is 23.2 Å². The van der Waals surface area contributed by atoms with E-state index >= 15 is 0 Å². The second-order valence-electron chi connectivity index (χ2n) is 4.39. The average molecular weight is 347 g/mol. The lowest BCUT2D eigenvalue weighted by Gasteiger charge is -2.13. The molecule has 1 aromatic rings.